The Balaban J connectivity index is 2.54. The number of benzene rings is 1. The molecule has 0 aliphatic carbocycles. The number of carbonyl (C=O) groups is 1. The van der Waals surface area contributed by atoms with Crippen molar-refractivity contribution >= 4 is 17.6 Å². The molecule has 0 fully saturated rings. The van der Waals surface area contributed by atoms with Crippen LogP contribution in [0.4, 0.5) is 0 Å². The summed E-state index contributed by atoms with van der Waals surface area (Å²) in [6.07, 6.45) is 0. The SMILES string of the molecule is CCOC(=O)c1c(-c2ccc(Cl)cc2C)noc1C. The maximum Gasteiger partial charge on any atom is 0.344 e. The van der Waals surface area contributed by atoms with E-state index in [9.17, 15) is 4.79 Å². The molecular weight excluding hydrogens is 266 g/mol. The third-order valence-electron chi connectivity index (χ3n) is 2.79. The molecule has 0 N–H and O–H groups in total. The second kappa shape index (κ2) is 5.45. The molecule has 0 unspecified atom stereocenters. The Bertz CT molecular complexity index is 619. The second-order valence-electron chi connectivity index (χ2n) is 4.14. The van der Waals surface area contributed by atoms with Crippen molar-refractivity contribution in [3.8, 4) is 11.3 Å². The lowest BCUT2D eigenvalue weighted by Gasteiger charge is -2.05. The largest absolute Gasteiger partial charge is 0.462 e. The molecule has 0 atom stereocenters. The average molecular weight is 280 g/mol. The zero-order chi connectivity index (χ0) is 14.0. The fourth-order valence-corrected chi connectivity index (χ4v) is 2.12. The Morgan fingerprint density at radius 1 is 1.42 bits per heavy atom. The standard InChI is InChI=1S/C14H14ClNO3/c1-4-18-14(17)12-9(3)19-16-13(12)11-6-5-10(15)7-8(11)2/h5-7H,4H2,1-3H3. The van der Waals surface area contributed by atoms with Gasteiger partial charge in [0.05, 0.1) is 6.61 Å². The van der Waals surface area contributed by atoms with Crippen LogP contribution in [0, 0.1) is 13.8 Å². The number of rotatable bonds is 3. The van der Waals surface area contributed by atoms with E-state index in [0.29, 0.717) is 28.6 Å². The van der Waals surface area contributed by atoms with Gasteiger partial charge in [-0.15, -0.1) is 0 Å². The van der Waals surface area contributed by atoms with Gasteiger partial charge in [-0.25, -0.2) is 4.79 Å². The summed E-state index contributed by atoms with van der Waals surface area (Å²) >= 11 is 5.93. The van der Waals surface area contributed by atoms with Gasteiger partial charge >= 0.3 is 5.97 Å². The van der Waals surface area contributed by atoms with E-state index in [1.807, 2.05) is 19.1 Å². The van der Waals surface area contributed by atoms with Crippen LogP contribution >= 0.6 is 11.6 Å². The minimum Gasteiger partial charge on any atom is -0.462 e. The van der Waals surface area contributed by atoms with Crippen molar-refractivity contribution < 1.29 is 14.1 Å². The molecule has 2 aromatic rings. The van der Waals surface area contributed by atoms with Gasteiger partial charge in [0.15, 0.2) is 0 Å². The van der Waals surface area contributed by atoms with Gasteiger partial charge in [-0.05, 0) is 38.5 Å². The number of aryl methyl sites for hydroxylation is 2. The van der Waals surface area contributed by atoms with Gasteiger partial charge in [0, 0.05) is 10.6 Å². The lowest BCUT2D eigenvalue weighted by molar-refractivity contribution is 0.0525. The molecule has 0 saturated heterocycles. The Kier molecular flexibility index (Phi) is 3.90. The number of aromatic nitrogens is 1. The minimum atomic E-state index is -0.425. The minimum absolute atomic E-state index is 0.308. The normalized spacial score (nSPS) is 10.5. The highest BCUT2D eigenvalue weighted by atomic mass is 35.5. The predicted octanol–water partition coefficient (Wildman–Crippen LogP) is 3.79. The Hall–Kier alpha value is -1.81. The number of halogens is 1. The van der Waals surface area contributed by atoms with Gasteiger partial charge in [0.1, 0.15) is 17.0 Å². The molecule has 100 valence electrons. The summed E-state index contributed by atoms with van der Waals surface area (Å²) in [4.78, 5) is 12.0. The maximum atomic E-state index is 12.0. The monoisotopic (exact) mass is 279 g/mol. The highest BCUT2D eigenvalue weighted by molar-refractivity contribution is 6.30. The fraction of sp³-hybridized carbons (Fsp3) is 0.286. The highest BCUT2D eigenvalue weighted by Gasteiger charge is 2.23. The molecule has 0 aliphatic heterocycles. The predicted molar refractivity (Wildman–Crippen MR) is 72.4 cm³/mol. The van der Waals surface area contributed by atoms with E-state index in [2.05, 4.69) is 5.16 Å². The van der Waals surface area contributed by atoms with Crippen LogP contribution in [0.5, 0.6) is 0 Å². The quantitative estimate of drug-likeness (QED) is 0.802. The van der Waals surface area contributed by atoms with E-state index in [1.165, 1.54) is 0 Å². The Morgan fingerprint density at radius 2 is 2.16 bits per heavy atom. The molecule has 0 saturated carbocycles. The van der Waals surface area contributed by atoms with Crippen LogP contribution in [-0.4, -0.2) is 17.7 Å². The van der Waals surface area contributed by atoms with Gasteiger partial charge < -0.3 is 9.26 Å². The zero-order valence-corrected chi connectivity index (χ0v) is 11.7. The zero-order valence-electron chi connectivity index (χ0n) is 11.0. The summed E-state index contributed by atoms with van der Waals surface area (Å²) in [7, 11) is 0. The summed E-state index contributed by atoms with van der Waals surface area (Å²) in [6.45, 7) is 5.66. The molecule has 0 radical (unpaired) electrons. The third-order valence-corrected chi connectivity index (χ3v) is 3.02. The van der Waals surface area contributed by atoms with Crippen molar-refractivity contribution in [2.24, 2.45) is 0 Å². The van der Waals surface area contributed by atoms with Crippen molar-refractivity contribution in [2.75, 3.05) is 6.61 Å². The number of esters is 1. The van der Waals surface area contributed by atoms with Gasteiger partial charge in [-0.2, -0.15) is 0 Å². The van der Waals surface area contributed by atoms with Crippen molar-refractivity contribution in [3.63, 3.8) is 0 Å². The summed E-state index contributed by atoms with van der Waals surface area (Å²) < 4.78 is 10.1. The first-order chi connectivity index (χ1) is 9.04. The molecule has 19 heavy (non-hydrogen) atoms. The van der Waals surface area contributed by atoms with Crippen molar-refractivity contribution in [2.45, 2.75) is 20.8 Å². The Morgan fingerprint density at radius 3 is 2.79 bits per heavy atom. The van der Waals surface area contributed by atoms with Gasteiger partial charge in [-0.3, -0.25) is 0 Å². The first-order valence-corrected chi connectivity index (χ1v) is 6.32. The topological polar surface area (TPSA) is 52.3 Å². The molecule has 2 rings (SSSR count). The van der Waals surface area contributed by atoms with Crippen LogP contribution in [0.15, 0.2) is 22.7 Å². The molecule has 1 aromatic heterocycles. The molecule has 1 aromatic carbocycles. The summed E-state index contributed by atoms with van der Waals surface area (Å²) in [5, 5.41) is 4.60. The van der Waals surface area contributed by atoms with E-state index in [4.69, 9.17) is 20.9 Å². The van der Waals surface area contributed by atoms with E-state index in [-0.39, 0.29) is 0 Å². The van der Waals surface area contributed by atoms with Crippen LogP contribution in [-0.2, 0) is 4.74 Å². The van der Waals surface area contributed by atoms with Crippen molar-refractivity contribution in [1.82, 2.24) is 5.16 Å². The number of hydrogen-bond acceptors (Lipinski definition) is 4. The maximum absolute atomic E-state index is 12.0. The summed E-state index contributed by atoms with van der Waals surface area (Å²) in [6, 6.07) is 5.39. The fourth-order valence-electron chi connectivity index (χ4n) is 1.89. The number of hydrogen-bond donors (Lipinski definition) is 0. The van der Waals surface area contributed by atoms with Crippen LogP contribution in [0.2, 0.25) is 5.02 Å². The van der Waals surface area contributed by atoms with Crippen molar-refractivity contribution in [3.05, 3.63) is 40.1 Å². The smallest absolute Gasteiger partial charge is 0.344 e. The van der Waals surface area contributed by atoms with E-state index >= 15 is 0 Å². The highest BCUT2D eigenvalue weighted by Crippen LogP contribution is 2.30. The lowest BCUT2D eigenvalue weighted by atomic mass is 10.0. The molecule has 5 heteroatoms. The van der Waals surface area contributed by atoms with Gasteiger partial charge in [-0.1, -0.05) is 22.8 Å². The van der Waals surface area contributed by atoms with Crippen LogP contribution < -0.4 is 0 Å². The van der Waals surface area contributed by atoms with Crippen LogP contribution in [0.3, 0.4) is 0 Å². The number of nitrogens with zero attached hydrogens (tertiary/aromatic N) is 1. The summed E-state index contributed by atoms with van der Waals surface area (Å²) in [5.41, 5.74) is 2.59. The molecule has 0 aliphatic rings. The van der Waals surface area contributed by atoms with Gasteiger partial charge in [0.25, 0.3) is 0 Å². The molecule has 0 spiro atoms. The molecule has 0 amide bonds. The first kappa shape index (κ1) is 13.6. The van der Waals surface area contributed by atoms with Crippen LogP contribution in [0.1, 0.15) is 28.6 Å². The number of ether oxygens (including phenoxy) is 1. The molecule has 4 nitrogen and oxygen atoms in total. The van der Waals surface area contributed by atoms with E-state index in [0.717, 1.165) is 11.1 Å². The third kappa shape index (κ3) is 2.63. The number of carbonyl (C=O) groups excluding carboxylic acids is 1. The van der Waals surface area contributed by atoms with E-state index < -0.39 is 5.97 Å². The second-order valence-corrected chi connectivity index (χ2v) is 4.58. The van der Waals surface area contributed by atoms with Crippen LogP contribution in [0.25, 0.3) is 11.3 Å². The molecule has 1 heterocycles. The van der Waals surface area contributed by atoms with E-state index in [1.54, 1.807) is 19.9 Å². The molecule has 0 bridgehead atoms. The summed E-state index contributed by atoms with van der Waals surface area (Å²) in [5.74, 6) is 0.0217. The first-order valence-electron chi connectivity index (χ1n) is 5.94. The Labute approximate surface area is 116 Å². The average Bonchev–Trinajstić information content (AvgIpc) is 2.71. The lowest BCUT2D eigenvalue weighted by Crippen LogP contribution is -2.06. The van der Waals surface area contributed by atoms with Gasteiger partial charge in [0.2, 0.25) is 0 Å². The van der Waals surface area contributed by atoms with Crippen molar-refractivity contribution in [1.29, 1.82) is 0 Å². The molecular formula is C14H14ClNO3.